The quantitative estimate of drug-likeness (QED) is 0.416. The maximum Gasteiger partial charge on any atom is 0.226 e. The second-order valence-electron chi connectivity index (χ2n) is 7.42. The van der Waals surface area contributed by atoms with Crippen LogP contribution in [0, 0.1) is 6.92 Å². The lowest BCUT2D eigenvalue weighted by Gasteiger charge is -2.18. The van der Waals surface area contributed by atoms with Crippen LogP contribution in [0.3, 0.4) is 0 Å². The number of anilines is 3. The molecular weight excluding hydrogens is 386 g/mol. The molecule has 0 radical (unpaired) electrons. The lowest BCUT2D eigenvalue weighted by molar-refractivity contribution is 0.316. The van der Waals surface area contributed by atoms with Gasteiger partial charge in [-0.1, -0.05) is 50.2 Å². The van der Waals surface area contributed by atoms with Crippen LogP contribution in [0.4, 0.5) is 17.5 Å². The zero-order valence-electron chi connectivity index (χ0n) is 18.3. The van der Waals surface area contributed by atoms with Gasteiger partial charge in [0.05, 0.1) is 17.3 Å². The monoisotopic (exact) mass is 415 g/mol. The van der Waals surface area contributed by atoms with E-state index in [0.29, 0.717) is 5.95 Å². The van der Waals surface area contributed by atoms with E-state index in [1.165, 1.54) is 0 Å². The summed E-state index contributed by atoms with van der Waals surface area (Å²) < 4.78 is 1.86. The highest BCUT2D eigenvalue weighted by molar-refractivity contribution is 5.90. The van der Waals surface area contributed by atoms with Crippen molar-refractivity contribution in [1.29, 1.82) is 0 Å². The number of nitrogens with zero attached hydrogens (tertiary/aromatic N) is 5. The number of fused-ring (bicyclic) bond motifs is 1. The Morgan fingerprint density at radius 1 is 0.935 bits per heavy atom. The van der Waals surface area contributed by atoms with Crippen LogP contribution in [-0.4, -0.2) is 50.8 Å². The van der Waals surface area contributed by atoms with Gasteiger partial charge in [-0.25, -0.2) is 4.68 Å². The van der Waals surface area contributed by atoms with Crippen molar-refractivity contribution in [3.8, 4) is 5.69 Å². The summed E-state index contributed by atoms with van der Waals surface area (Å²) in [6, 6.07) is 18.2. The highest BCUT2D eigenvalue weighted by atomic mass is 15.3. The van der Waals surface area contributed by atoms with Crippen molar-refractivity contribution < 1.29 is 0 Å². The SMILES string of the molecule is CCN(CC)CCNc1nc(Nc2ccccc2C)c2cnn(-c3ccccc3)c2n1. The maximum absolute atomic E-state index is 4.80. The third kappa shape index (κ3) is 4.67. The molecule has 0 aliphatic carbocycles. The molecule has 0 unspecified atom stereocenters. The van der Waals surface area contributed by atoms with E-state index in [9.17, 15) is 0 Å². The third-order valence-electron chi connectivity index (χ3n) is 5.43. The largest absolute Gasteiger partial charge is 0.353 e. The summed E-state index contributed by atoms with van der Waals surface area (Å²) in [6.07, 6.45) is 1.82. The lowest BCUT2D eigenvalue weighted by atomic mass is 10.2. The first-order valence-corrected chi connectivity index (χ1v) is 10.8. The Hall–Kier alpha value is -3.45. The Bertz CT molecular complexity index is 1130. The average molecular weight is 416 g/mol. The van der Waals surface area contributed by atoms with Gasteiger partial charge in [0.15, 0.2) is 5.65 Å². The number of para-hydroxylation sites is 2. The van der Waals surface area contributed by atoms with Gasteiger partial charge in [0.1, 0.15) is 5.82 Å². The Balaban J connectivity index is 1.72. The van der Waals surface area contributed by atoms with Gasteiger partial charge in [-0.05, 0) is 43.8 Å². The van der Waals surface area contributed by atoms with E-state index < -0.39 is 0 Å². The summed E-state index contributed by atoms with van der Waals surface area (Å²) in [5.74, 6) is 1.33. The fourth-order valence-corrected chi connectivity index (χ4v) is 3.55. The van der Waals surface area contributed by atoms with Crippen LogP contribution in [0.15, 0.2) is 60.8 Å². The summed E-state index contributed by atoms with van der Waals surface area (Å²) in [5, 5.41) is 12.4. The van der Waals surface area contributed by atoms with Gasteiger partial charge >= 0.3 is 0 Å². The number of hydrogen-bond acceptors (Lipinski definition) is 6. The van der Waals surface area contributed by atoms with Crippen molar-refractivity contribution >= 4 is 28.5 Å². The van der Waals surface area contributed by atoms with Crippen LogP contribution in [0.5, 0.6) is 0 Å². The molecule has 7 nitrogen and oxygen atoms in total. The molecule has 0 spiro atoms. The average Bonchev–Trinajstić information content (AvgIpc) is 3.23. The van der Waals surface area contributed by atoms with Crippen molar-refractivity contribution in [3.05, 3.63) is 66.4 Å². The van der Waals surface area contributed by atoms with Crippen LogP contribution in [0.2, 0.25) is 0 Å². The van der Waals surface area contributed by atoms with Crippen molar-refractivity contribution in [2.24, 2.45) is 0 Å². The summed E-state index contributed by atoms with van der Waals surface area (Å²) in [5.41, 5.74) is 3.90. The minimum atomic E-state index is 0.591. The second kappa shape index (κ2) is 9.57. The van der Waals surface area contributed by atoms with Crippen molar-refractivity contribution in [3.63, 3.8) is 0 Å². The number of aryl methyl sites for hydroxylation is 1. The van der Waals surface area contributed by atoms with E-state index in [-0.39, 0.29) is 0 Å². The highest BCUT2D eigenvalue weighted by Crippen LogP contribution is 2.28. The summed E-state index contributed by atoms with van der Waals surface area (Å²) >= 11 is 0. The first-order valence-electron chi connectivity index (χ1n) is 10.8. The Labute approximate surface area is 183 Å². The number of benzene rings is 2. The van der Waals surface area contributed by atoms with Crippen LogP contribution >= 0.6 is 0 Å². The Kier molecular flexibility index (Phi) is 6.43. The Morgan fingerprint density at radius 2 is 1.68 bits per heavy atom. The van der Waals surface area contributed by atoms with Crippen molar-refractivity contribution in [2.45, 2.75) is 20.8 Å². The van der Waals surface area contributed by atoms with E-state index in [1.54, 1.807) is 0 Å². The molecule has 0 aliphatic rings. The van der Waals surface area contributed by atoms with Gasteiger partial charge in [-0.3, -0.25) is 0 Å². The van der Waals surface area contributed by atoms with E-state index in [2.05, 4.69) is 53.5 Å². The number of likely N-dealkylation sites (N-methyl/N-ethyl adjacent to an activating group) is 1. The molecule has 160 valence electrons. The molecule has 0 saturated carbocycles. The molecule has 0 atom stereocenters. The maximum atomic E-state index is 4.80. The molecule has 0 amide bonds. The topological polar surface area (TPSA) is 70.9 Å². The molecule has 31 heavy (non-hydrogen) atoms. The Morgan fingerprint density at radius 3 is 2.42 bits per heavy atom. The molecule has 2 heterocycles. The van der Waals surface area contributed by atoms with Gasteiger partial charge in [-0.15, -0.1) is 0 Å². The van der Waals surface area contributed by atoms with E-state index in [0.717, 1.165) is 60.0 Å². The smallest absolute Gasteiger partial charge is 0.226 e. The summed E-state index contributed by atoms with van der Waals surface area (Å²) in [4.78, 5) is 12.0. The molecular formula is C24H29N7. The molecule has 2 aromatic carbocycles. The zero-order chi connectivity index (χ0) is 21.6. The number of rotatable bonds is 9. The first-order chi connectivity index (χ1) is 15.2. The fourth-order valence-electron chi connectivity index (χ4n) is 3.55. The molecule has 4 rings (SSSR count). The van der Waals surface area contributed by atoms with Crippen molar-refractivity contribution in [2.75, 3.05) is 36.8 Å². The van der Waals surface area contributed by atoms with Gasteiger partial charge in [0.2, 0.25) is 5.95 Å². The van der Waals surface area contributed by atoms with Gasteiger partial charge in [0, 0.05) is 18.8 Å². The standard InChI is InChI=1S/C24H29N7/c1-4-30(5-2)16-15-25-24-28-22(27-21-14-10-9-11-18(21)3)20-17-26-31(23(20)29-24)19-12-7-6-8-13-19/h6-14,17H,4-5,15-16H2,1-3H3,(H2,25,27,28,29). The van der Waals surface area contributed by atoms with E-state index in [1.807, 2.05) is 53.3 Å². The molecule has 2 N–H and O–H groups in total. The third-order valence-corrected chi connectivity index (χ3v) is 5.43. The van der Waals surface area contributed by atoms with Gasteiger partial charge in [-0.2, -0.15) is 15.1 Å². The fraction of sp³-hybridized carbons (Fsp3) is 0.292. The number of nitrogens with one attached hydrogen (secondary N) is 2. The second-order valence-corrected chi connectivity index (χ2v) is 7.42. The predicted octanol–water partition coefficient (Wildman–Crippen LogP) is 4.62. The zero-order valence-corrected chi connectivity index (χ0v) is 18.3. The molecule has 0 saturated heterocycles. The summed E-state index contributed by atoms with van der Waals surface area (Å²) in [7, 11) is 0. The normalized spacial score (nSPS) is 11.2. The van der Waals surface area contributed by atoms with Crippen LogP contribution in [0.25, 0.3) is 16.7 Å². The molecule has 7 heteroatoms. The molecule has 0 fully saturated rings. The minimum Gasteiger partial charge on any atom is -0.353 e. The molecule has 2 aromatic heterocycles. The molecule has 0 aliphatic heterocycles. The van der Waals surface area contributed by atoms with Gasteiger partial charge < -0.3 is 15.5 Å². The van der Waals surface area contributed by atoms with E-state index in [4.69, 9.17) is 9.97 Å². The highest BCUT2D eigenvalue weighted by Gasteiger charge is 2.15. The lowest BCUT2D eigenvalue weighted by Crippen LogP contribution is -2.29. The number of aromatic nitrogens is 4. The van der Waals surface area contributed by atoms with Crippen LogP contribution < -0.4 is 10.6 Å². The van der Waals surface area contributed by atoms with Gasteiger partial charge in [0.25, 0.3) is 0 Å². The van der Waals surface area contributed by atoms with Crippen LogP contribution in [0.1, 0.15) is 19.4 Å². The molecule has 4 aromatic rings. The van der Waals surface area contributed by atoms with Crippen LogP contribution in [-0.2, 0) is 0 Å². The predicted molar refractivity (Wildman–Crippen MR) is 127 cm³/mol. The van der Waals surface area contributed by atoms with E-state index >= 15 is 0 Å². The minimum absolute atomic E-state index is 0.591. The van der Waals surface area contributed by atoms with Crippen molar-refractivity contribution in [1.82, 2.24) is 24.6 Å². The summed E-state index contributed by atoms with van der Waals surface area (Å²) in [6.45, 7) is 10.2. The first kappa shape index (κ1) is 20.8. The molecule has 0 bridgehead atoms. The number of hydrogen-bond donors (Lipinski definition) is 2.